The number of hydrogen-bond acceptors (Lipinski definition) is 5. The van der Waals surface area contributed by atoms with Crippen molar-refractivity contribution in [1.29, 1.82) is 0 Å². The van der Waals surface area contributed by atoms with Gasteiger partial charge in [-0.25, -0.2) is 4.98 Å². The molecule has 1 N–H and O–H groups in total. The number of imidazole rings is 1. The molecule has 6 nitrogen and oxygen atoms in total. The Morgan fingerprint density at radius 3 is 2.83 bits per heavy atom. The molecule has 2 aromatic rings. The lowest BCUT2D eigenvalue weighted by atomic mass is 10.1. The van der Waals surface area contributed by atoms with Gasteiger partial charge >= 0.3 is 0 Å². The van der Waals surface area contributed by atoms with Gasteiger partial charge in [-0.1, -0.05) is 0 Å². The molecule has 6 heteroatoms. The molecule has 4 rings (SSSR count). The normalized spacial score (nSPS) is 20.8. The van der Waals surface area contributed by atoms with Crippen LogP contribution in [0, 0.1) is 0 Å². The fourth-order valence-electron chi connectivity index (χ4n) is 2.87. The van der Waals surface area contributed by atoms with Gasteiger partial charge in [0, 0.05) is 18.3 Å². The smallest absolute Gasteiger partial charge is 0.135 e. The fraction of sp³-hybridized carbons (Fsp3) is 0.471. The average Bonchev–Trinajstić information content (AvgIpc) is 2.97. The van der Waals surface area contributed by atoms with E-state index < -0.39 is 0 Å². The van der Waals surface area contributed by atoms with E-state index in [0.29, 0.717) is 12.6 Å². The molecule has 23 heavy (non-hydrogen) atoms. The molecule has 0 saturated carbocycles. The number of aromatic nitrogens is 2. The van der Waals surface area contributed by atoms with Crippen molar-refractivity contribution in [3.8, 4) is 17.0 Å². The van der Waals surface area contributed by atoms with Crippen LogP contribution in [0.3, 0.4) is 0 Å². The summed E-state index contributed by atoms with van der Waals surface area (Å²) in [5.41, 5.74) is 2.07. The van der Waals surface area contributed by atoms with Crippen LogP contribution in [0.15, 0.2) is 30.5 Å². The molecule has 3 heterocycles. The van der Waals surface area contributed by atoms with Crippen LogP contribution in [0.25, 0.3) is 11.3 Å². The van der Waals surface area contributed by atoms with Gasteiger partial charge in [0.05, 0.1) is 44.7 Å². The van der Waals surface area contributed by atoms with Gasteiger partial charge in [0.1, 0.15) is 18.2 Å². The van der Waals surface area contributed by atoms with E-state index in [1.807, 2.05) is 24.3 Å². The number of benzene rings is 1. The van der Waals surface area contributed by atoms with Gasteiger partial charge in [-0.3, -0.25) is 0 Å². The van der Waals surface area contributed by atoms with Crippen LogP contribution in [-0.2, 0) is 22.6 Å². The summed E-state index contributed by atoms with van der Waals surface area (Å²) >= 11 is 0. The molecule has 1 aromatic carbocycles. The number of nitrogens with zero attached hydrogens (tertiary/aromatic N) is 2. The van der Waals surface area contributed by atoms with Crippen LogP contribution < -0.4 is 10.1 Å². The van der Waals surface area contributed by atoms with Crippen molar-refractivity contribution >= 4 is 0 Å². The third-order valence-electron chi connectivity index (χ3n) is 4.37. The van der Waals surface area contributed by atoms with Gasteiger partial charge in [0.25, 0.3) is 0 Å². The lowest BCUT2D eigenvalue weighted by molar-refractivity contribution is -0.0292. The van der Waals surface area contributed by atoms with Crippen LogP contribution in [0.1, 0.15) is 5.82 Å². The summed E-state index contributed by atoms with van der Waals surface area (Å²) in [5, 5.41) is 3.47. The first-order valence-corrected chi connectivity index (χ1v) is 7.95. The van der Waals surface area contributed by atoms with Crippen LogP contribution in [-0.4, -0.2) is 48.6 Å². The van der Waals surface area contributed by atoms with E-state index in [9.17, 15) is 0 Å². The number of fused-ring (bicyclic) bond motifs is 1. The lowest BCUT2D eigenvalue weighted by Gasteiger charge is -2.30. The molecule has 1 saturated heterocycles. The largest absolute Gasteiger partial charge is 0.497 e. The van der Waals surface area contributed by atoms with Crippen molar-refractivity contribution in [3.05, 3.63) is 36.3 Å². The predicted molar refractivity (Wildman–Crippen MR) is 85.4 cm³/mol. The summed E-state index contributed by atoms with van der Waals surface area (Å²) < 4.78 is 18.5. The number of methoxy groups -OCH3 is 1. The Morgan fingerprint density at radius 2 is 2.13 bits per heavy atom. The molecule has 0 aliphatic carbocycles. The third-order valence-corrected chi connectivity index (χ3v) is 4.37. The van der Waals surface area contributed by atoms with Crippen molar-refractivity contribution in [1.82, 2.24) is 14.9 Å². The minimum absolute atomic E-state index is 0.181. The highest BCUT2D eigenvalue weighted by Crippen LogP contribution is 2.24. The second kappa shape index (κ2) is 6.31. The van der Waals surface area contributed by atoms with Crippen LogP contribution >= 0.6 is 0 Å². The highest BCUT2D eigenvalue weighted by molar-refractivity contribution is 5.59. The zero-order chi connectivity index (χ0) is 15.6. The second-order valence-corrected chi connectivity index (χ2v) is 6.00. The van der Waals surface area contributed by atoms with Crippen molar-refractivity contribution < 1.29 is 14.2 Å². The third kappa shape index (κ3) is 3.10. The zero-order valence-corrected chi connectivity index (χ0v) is 13.2. The maximum absolute atomic E-state index is 5.90. The molecule has 122 valence electrons. The van der Waals surface area contributed by atoms with Gasteiger partial charge in [-0.2, -0.15) is 0 Å². The molecule has 0 unspecified atom stereocenters. The van der Waals surface area contributed by atoms with Gasteiger partial charge in [-0.15, -0.1) is 0 Å². The van der Waals surface area contributed by atoms with Gasteiger partial charge in [0.2, 0.25) is 0 Å². The molecule has 2 aliphatic heterocycles. The Bertz CT molecular complexity index is 664. The Kier molecular flexibility index (Phi) is 4.03. The van der Waals surface area contributed by atoms with E-state index in [0.717, 1.165) is 49.1 Å². The SMILES string of the molecule is COc1ccc(-c2cn3c(n2)CO[C@@H](CNC2COC2)C3)cc1. The van der Waals surface area contributed by atoms with Gasteiger partial charge in [-0.05, 0) is 24.3 Å². The first-order chi connectivity index (χ1) is 11.3. The summed E-state index contributed by atoms with van der Waals surface area (Å²) in [5.74, 6) is 1.84. The second-order valence-electron chi connectivity index (χ2n) is 6.00. The van der Waals surface area contributed by atoms with Crippen LogP contribution in [0.2, 0.25) is 0 Å². The molecule has 0 bridgehead atoms. The first kappa shape index (κ1) is 14.7. The molecule has 1 fully saturated rings. The molecule has 1 aromatic heterocycles. The Hall–Kier alpha value is -1.89. The Morgan fingerprint density at radius 1 is 1.30 bits per heavy atom. The molecule has 0 radical (unpaired) electrons. The van der Waals surface area contributed by atoms with E-state index in [1.165, 1.54) is 0 Å². The highest BCUT2D eigenvalue weighted by atomic mass is 16.5. The molecular weight excluding hydrogens is 294 g/mol. The molecule has 2 aliphatic rings. The number of ether oxygens (including phenoxy) is 3. The molecule has 1 atom stereocenters. The maximum atomic E-state index is 5.90. The van der Waals surface area contributed by atoms with Crippen molar-refractivity contribution in [2.24, 2.45) is 0 Å². The monoisotopic (exact) mass is 315 g/mol. The summed E-state index contributed by atoms with van der Waals surface area (Å²) in [6.07, 6.45) is 2.29. The van der Waals surface area contributed by atoms with Crippen molar-refractivity contribution in [2.45, 2.75) is 25.3 Å². The standard InChI is InChI=1S/C17H21N3O3/c1-21-14-4-2-12(3-5-14)16-8-20-7-15(23-11-17(20)19-16)6-18-13-9-22-10-13/h2-5,8,13,15,18H,6-7,9-11H2,1H3/t15-/m0/s1. The Balaban J connectivity index is 1.43. The first-order valence-electron chi connectivity index (χ1n) is 7.95. The lowest BCUT2D eigenvalue weighted by Crippen LogP contribution is -2.49. The number of hydrogen-bond donors (Lipinski definition) is 1. The minimum Gasteiger partial charge on any atom is -0.497 e. The number of nitrogens with one attached hydrogen (secondary N) is 1. The van der Waals surface area contributed by atoms with Crippen molar-refractivity contribution in [3.63, 3.8) is 0 Å². The molecule has 0 amide bonds. The Labute approximate surface area is 135 Å². The summed E-state index contributed by atoms with van der Waals surface area (Å²) in [4.78, 5) is 4.69. The van der Waals surface area contributed by atoms with Crippen LogP contribution in [0.5, 0.6) is 5.75 Å². The highest BCUT2D eigenvalue weighted by Gasteiger charge is 2.24. The van der Waals surface area contributed by atoms with E-state index in [-0.39, 0.29) is 6.10 Å². The van der Waals surface area contributed by atoms with E-state index in [4.69, 9.17) is 19.2 Å². The fourth-order valence-corrected chi connectivity index (χ4v) is 2.87. The summed E-state index contributed by atoms with van der Waals surface area (Å²) in [7, 11) is 1.67. The van der Waals surface area contributed by atoms with E-state index >= 15 is 0 Å². The van der Waals surface area contributed by atoms with Crippen LogP contribution in [0.4, 0.5) is 0 Å². The van der Waals surface area contributed by atoms with E-state index in [1.54, 1.807) is 7.11 Å². The van der Waals surface area contributed by atoms with Crippen molar-refractivity contribution in [2.75, 3.05) is 26.9 Å². The molecule has 0 spiro atoms. The summed E-state index contributed by atoms with van der Waals surface area (Å²) in [6.45, 7) is 3.86. The predicted octanol–water partition coefficient (Wildman–Crippen LogP) is 1.45. The minimum atomic E-state index is 0.181. The quantitative estimate of drug-likeness (QED) is 0.905. The van der Waals surface area contributed by atoms with E-state index in [2.05, 4.69) is 16.1 Å². The topological polar surface area (TPSA) is 57.5 Å². The number of rotatable bonds is 5. The molecular formula is C17H21N3O3. The average molecular weight is 315 g/mol. The van der Waals surface area contributed by atoms with Gasteiger partial charge < -0.3 is 24.1 Å². The summed E-state index contributed by atoms with van der Waals surface area (Å²) in [6, 6.07) is 8.46. The van der Waals surface area contributed by atoms with Gasteiger partial charge in [0.15, 0.2) is 0 Å². The maximum Gasteiger partial charge on any atom is 0.135 e. The zero-order valence-electron chi connectivity index (χ0n) is 13.2.